The van der Waals surface area contributed by atoms with E-state index in [1.165, 1.54) is 12.8 Å². The lowest BCUT2D eigenvalue weighted by Crippen LogP contribution is -2.06. The maximum atomic E-state index is 11.1. The fourth-order valence-electron chi connectivity index (χ4n) is 1.86. The molecule has 0 aliphatic rings. The number of benzene rings is 1. The van der Waals surface area contributed by atoms with Gasteiger partial charge in [-0.2, -0.15) is 0 Å². The standard InChI is InChI=1S/C13H21N3O2/c1-3-4-5-6-10-15-12-9-7-8-11(14-2)13(12)16(17)18/h7-9,14-15H,3-6,10H2,1-2H3. The van der Waals surface area contributed by atoms with E-state index in [2.05, 4.69) is 17.6 Å². The van der Waals surface area contributed by atoms with E-state index in [0.717, 1.165) is 19.4 Å². The van der Waals surface area contributed by atoms with Crippen molar-refractivity contribution in [1.29, 1.82) is 0 Å². The highest BCUT2D eigenvalue weighted by molar-refractivity contribution is 5.75. The first-order valence-corrected chi connectivity index (χ1v) is 6.39. The van der Waals surface area contributed by atoms with Gasteiger partial charge in [-0.25, -0.2) is 0 Å². The summed E-state index contributed by atoms with van der Waals surface area (Å²) in [6.07, 6.45) is 4.59. The number of nitro benzene ring substituents is 1. The molecule has 0 saturated carbocycles. The minimum Gasteiger partial charge on any atom is -0.382 e. The van der Waals surface area contributed by atoms with E-state index in [9.17, 15) is 10.1 Å². The molecule has 1 rings (SSSR count). The fraction of sp³-hybridized carbons (Fsp3) is 0.538. The van der Waals surface area contributed by atoms with E-state index in [1.807, 2.05) is 6.07 Å². The average Bonchev–Trinajstić information content (AvgIpc) is 2.37. The number of para-hydroxylation sites is 1. The summed E-state index contributed by atoms with van der Waals surface area (Å²) in [4.78, 5) is 10.7. The van der Waals surface area contributed by atoms with Crippen LogP contribution in [0.1, 0.15) is 32.6 Å². The summed E-state index contributed by atoms with van der Waals surface area (Å²) in [5.41, 5.74) is 1.25. The average molecular weight is 251 g/mol. The summed E-state index contributed by atoms with van der Waals surface area (Å²) in [5.74, 6) is 0. The van der Waals surface area contributed by atoms with Gasteiger partial charge in [0.05, 0.1) is 4.92 Å². The number of hydrogen-bond acceptors (Lipinski definition) is 4. The van der Waals surface area contributed by atoms with E-state index in [0.29, 0.717) is 11.4 Å². The molecule has 0 atom stereocenters. The first kappa shape index (κ1) is 14.3. The Bertz CT molecular complexity index is 394. The smallest absolute Gasteiger partial charge is 0.315 e. The highest BCUT2D eigenvalue weighted by atomic mass is 16.6. The summed E-state index contributed by atoms with van der Waals surface area (Å²) in [5, 5.41) is 17.1. The van der Waals surface area contributed by atoms with E-state index in [-0.39, 0.29) is 10.6 Å². The summed E-state index contributed by atoms with van der Waals surface area (Å²) >= 11 is 0. The van der Waals surface area contributed by atoms with Crippen molar-refractivity contribution in [3.05, 3.63) is 28.3 Å². The van der Waals surface area contributed by atoms with E-state index in [1.54, 1.807) is 19.2 Å². The van der Waals surface area contributed by atoms with Crippen molar-refractivity contribution < 1.29 is 4.92 Å². The molecular formula is C13H21N3O2. The molecule has 0 saturated heterocycles. The Kier molecular flexibility index (Phi) is 5.97. The van der Waals surface area contributed by atoms with Crippen LogP contribution in [-0.4, -0.2) is 18.5 Å². The predicted molar refractivity (Wildman–Crippen MR) is 75.3 cm³/mol. The molecule has 1 aromatic rings. The normalized spacial score (nSPS) is 10.1. The number of nitrogens with zero attached hydrogens (tertiary/aromatic N) is 1. The maximum absolute atomic E-state index is 11.1. The number of unbranched alkanes of at least 4 members (excludes halogenated alkanes) is 3. The molecule has 0 fully saturated rings. The van der Waals surface area contributed by atoms with Gasteiger partial charge in [0.25, 0.3) is 0 Å². The van der Waals surface area contributed by atoms with E-state index in [4.69, 9.17) is 0 Å². The lowest BCUT2D eigenvalue weighted by Gasteiger charge is -2.09. The highest BCUT2D eigenvalue weighted by Gasteiger charge is 2.18. The largest absolute Gasteiger partial charge is 0.382 e. The summed E-state index contributed by atoms with van der Waals surface area (Å²) < 4.78 is 0. The van der Waals surface area contributed by atoms with Crippen LogP contribution in [0.2, 0.25) is 0 Å². The van der Waals surface area contributed by atoms with Gasteiger partial charge in [0.15, 0.2) is 0 Å². The van der Waals surface area contributed by atoms with Gasteiger partial charge in [-0.15, -0.1) is 0 Å². The molecule has 5 heteroatoms. The minimum absolute atomic E-state index is 0.121. The third-order valence-corrected chi connectivity index (χ3v) is 2.83. The quantitative estimate of drug-likeness (QED) is 0.420. The molecular weight excluding hydrogens is 230 g/mol. The molecule has 0 unspecified atom stereocenters. The zero-order valence-corrected chi connectivity index (χ0v) is 11.0. The lowest BCUT2D eigenvalue weighted by atomic mass is 10.2. The van der Waals surface area contributed by atoms with Gasteiger partial charge in [0, 0.05) is 13.6 Å². The van der Waals surface area contributed by atoms with Crippen LogP contribution in [-0.2, 0) is 0 Å². The fourth-order valence-corrected chi connectivity index (χ4v) is 1.86. The molecule has 5 nitrogen and oxygen atoms in total. The van der Waals surface area contributed by atoms with Crippen molar-refractivity contribution in [1.82, 2.24) is 0 Å². The second-order valence-corrected chi connectivity index (χ2v) is 4.20. The molecule has 0 amide bonds. The molecule has 0 spiro atoms. The molecule has 1 aromatic carbocycles. The van der Waals surface area contributed by atoms with Gasteiger partial charge in [-0.05, 0) is 18.6 Å². The third-order valence-electron chi connectivity index (χ3n) is 2.83. The number of rotatable bonds is 8. The number of nitrogens with one attached hydrogen (secondary N) is 2. The molecule has 2 N–H and O–H groups in total. The van der Waals surface area contributed by atoms with Gasteiger partial charge in [0.1, 0.15) is 11.4 Å². The Hall–Kier alpha value is -1.78. The molecule has 100 valence electrons. The van der Waals surface area contributed by atoms with Crippen molar-refractivity contribution >= 4 is 17.1 Å². The van der Waals surface area contributed by atoms with E-state index >= 15 is 0 Å². The van der Waals surface area contributed by atoms with Crippen molar-refractivity contribution in [2.24, 2.45) is 0 Å². The number of hydrogen-bond donors (Lipinski definition) is 2. The molecule has 0 radical (unpaired) electrons. The first-order valence-electron chi connectivity index (χ1n) is 6.39. The van der Waals surface area contributed by atoms with Crippen molar-refractivity contribution in [3.63, 3.8) is 0 Å². The lowest BCUT2D eigenvalue weighted by molar-refractivity contribution is -0.383. The van der Waals surface area contributed by atoms with Crippen molar-refractivity contribution in [2.45, 2.75) is 32.6 Å². The van der Waals surface area contributed by atoms with Gasteiger partial charge in [0.2, 0.25) is 0 Å². The van der Waals surface area contributed by atoms with E-state index < -0.39 is 0 Å². The number of nitro groups is 1. The number of anilines is 2. The van der Waals surface area contributed by atoms with Gasteiger partial charge in [-0.1, -0.05) is 32.3 Å². The van der Waals surface area contributed by atoms with Crippen LogP contribution in [0.15, 0.2) is 18.2 Å². The second-order valence-electron chi connectivity index (χ2n) is 4.20. The Labute approximate surface area is 108 Å². The highest BCUT2D eigenvalue weighted by Crippen LogP contribution is 2.32. The molecule has 18 heavy (non-hydrogen) atoms. The Balaban J connectivity index is 2.67. The Morgan fingerprint density at radius 1 is 1.22 bits per heavy atom. The minimum atomic E-state index is -0.347. The van der Waals surface area contributed by atoms with Gasteiger partial charge >= 0.3 is 5.69 Å². The van der Waals surface area contributed by atoms with Crippen LogP contribution in [0.3, 0.4) is 0 Å². The maximum Gasteiger partial charge on any atom is 0.315 e. The summed E-state index contributed by atoms with van der Waals surface area (Å²) in [6, 6.07) is 5.27. The van der Waals surface area contributed by atoms with Gasteiger partial charge < -0.3 is 10.6 Å². The Morgan fingerprint density at radius 3 is 2.56 bits per heavy atom. The molecule has 0 aliphatic heterocycles. The van der Waals surface area contributed by atoms with Crippen LogP contribution in [0.5, 0.6) is 0 Å². The van der Waals surface area contributed by atoms with Crippen LogP contribution in [0.25, 0.3) is 0 Å². The van der Waals surface area contributed by atoms with Crippen LogP contribution < -0.4 is 10.6 Å². The van der Waals surface area contributed by atoms with Crippen molar-refractivity contribution in [3.8, 4) is 0 Å². The molecule has 0 heterocycles. The SMILES string of the molecule is CCCCCCNc1cccc(NC)c1[N+](=O)[O-]. The van der Waals surface area contributed by atoms with Crippen LogP contribution in [0, 0.1) is 10.1 Å². The summed E-state index contributed by atoms with van der Waals surface area (Å²) in [7, 11) is 1.69. The Morgan fingerprint density at radius 2 is 1.94 bits per heavy atom. The zero-order valence-electron chi connectivity index (χ0n) is 11.0. The first-order chi connectivity index (χ1) is 8.70. The van der Waals surface area contributed by atoms with Crippen molar-refractivity contribution in [2.75, 3.05) is 24.2 Å². The van der Waals surface area contributed by atoms with Crippen LogP contribution >= 0.6 is 0 Å². The second kappa shape index (κ2) is 7.53. The predicted octanol–water partition coefficient (Wildman–Crippen LogP) is 3.63. The third kappa shape index (κ3) is 3.91. The molecule has 0 aliphatic carbocycles. The van der Waals surface area contributed by atoms with Crippen LogP contribution in [0.4, 0.5) is 17.1 Å². The molecule has 0 bridgehead atoms. The molecule has 0 aromatic heterocycles. The topological polar surface area (TPSA) is 67.2 Å². The van der Waals surface area contributed by atoms with Gasteiger partial charge in [-0.3, -0.25) is 10.1 Å². The summed E-state index contributed by atoms with van der Waals surface area (Å²) in [6.45, 7) is 2.93. The zero-order chi connectivity index (χ0) is 13.4. The monoisotopic (exact) mass is 251 g/mol.